The van der Waals surface area contributed by atoms with Crippen LogP contribution in [0.25, 0.3) is 22.5 Å². The molecule has 0 aliphatic carbocycles. The van der Waals surface area contributed by atoms with Crippen molar-refractivity contribution in [3.8, 4) is 22.5 Å². The molecule has 28 heavy (non-hydrogen) atoms. The van der Waals surface area contributed by atoms with Crippen molar-refractivity contribution in [2.24, 2.45) is 0 Å². The number of hydrogen-bond donors (Lipinski definition) is 0. The van der Waals surface area contributed by atoms with Crippen molar-refractivity contribution < 1.29 is 4.79 Å². The van der Waals surface area contributed by atoms with Gasteiger partial charge in [-0.05, 0) is 42.7 Å². The van der Waals surface area contributed by atoms with Crippen LogP contribution in [0.1, 0.15) is 37.8 Å². The Hall–Kier alpha value is -3.15. The fraction of sp³-hybridized carbons (Fsp3) is 0.318. The van der Waals surface area contributed by atoms with Crippen molar-refractivity contribution in [1.29, 1.82) is 0 Å². The van der Waals surface area contributed by atoms with E-state index in [1.165, 1.54) is 0 Å². The quantitative estimate of drug-likeness (QED) is 0.697. The molecule has 0 bridgehead atoms. The molecule has 6 nitrogen and oxygen atoms in total. The Morgan fingerprint density at radius 1 is 1.11 bits per heavy atom. The second-order valence-electron chi connectivity index (χ2n) is 7.00. The molecule has 0 spiro atoms. The predicted octanol–water partition coefficient (Wildman–Crippen LogP) is 3.72. The number of carbonyl (C=O) groups is 1. The first-order chi connectivity index (χ1) is 13.8. The maximum atomic E-state index is 12.3. The smallest absolute Gasteiger partial charge is 0.222 e. The Morgan fingerprint density at radius 2 is 1.96 bits per heavy atom. The Kier molecular flexibility index (Phi) is 5.37. The molecule has 0 saturated carbocycles. The summed E-state index contributed by atoms with van der Waals surface area (Å²) in [4.78, 5) is 32.1. The van der Waals surface area contributed by atoms with Crippen molar-refractivity contribution in [3.05, 3.63) is 60.9 Å². The van der Waals surface area contributed by atoms with E-state index in [2.05, 4.69) is 15.0 Å². The van der Waals surface area contributed by atoms with Gasteiger partial charge in [0, 0.05) is 67.5 Å². The summed E-state index contributed by atoms with van der Waals surface area (Å²) in [5, 5.41) is 0. The summed E-state index contributed by atoms with van der Waals surface area (Å²) in [5.74, 6) is 1.06. The summed E-state index contributed by atoms with van der Waals surface area (Å²) in [6.45, 7) is 3.45. The minimum atomic E-state index is 0.186. The average molecular weight is 373 g/mol. The topological polar surface area (TPSA) is 71.9 Å². The lowest BCUT2D eigenvalue weighted by molar-refractivity contribution is -0.132. The normalized spacial score (nSPS) is 16.8. The first-order valence-corrected chi connectivity index (χ1v) is 9.71. The summed E-state index contributed by atoms with van der Waals surface area (Å²) in [6.07, 6.45) is 11.5. The van der Waals surface area contributed by atoms with Crippen molar-refractivity contribution in [2.45, 2.75) is 32.1 Å². The summed E-state index contributed by atoms with van der Waals surface area (Å²) in [5.41, 5.74) is 3.93. The van der Waals surface area contributed by atoms with Gasteiger partial charge in [0.05, 0.1) is 5.69 Å². The molecule has 1 fully saturated rings. The van der Waals surface area contributed by atoms with Crippen LogP contribution in [-0.4, -0.2) is 43.8 Å². The van der Waals surface area contributed by atoms with E-state index in [9.17, 15) is 4.79 Å². The lowest BCUT2D eigenvalue weighted by atomic mass is 9.90. The van der Waals surface area contributed by atoms with Crippen molar-refractivity contribution in [1.82, 2.24) is 24.8 Å². The lowest BCUT2D eigenvalue weighted by Crippen LogP contribution is -2.39. The monoisotopic (exact) mass is 373 g/mol. The third-order valence-corrected chi connectivity index (χ3v) is 5.19. The molecular formula is C22H23N5O. The van der Waals surface area contributed by atoms with E-state index >= 15 is 0 Å². The van der Waals surface area contributed by atoms with Gasteiger partial charge in [-0.3, -0.25) is 14.8 Å². The van der Waals surface area contributed by atoms with Gasteiger partial charge in [-0.15, -0.1) is 0 Å². The molecule has 3 aromatic heterocycles. The Morgan fingerprint density at radius 3 is 2.71 bits per heavy atom. The van der Waals surface area contributed by atoms with Gasteiger partial charge in [-0.2, -0.15) is 0 Å². The highest BCUT2D eigenvalue weighted by Crippen LogP contribution is 2.34. The number of likely N-dealkylation sites (tertiary alicyclic amines) is 1. The zero-order valence-corrected chi connectivity index (χ0v) is 16.0. The van der Waals surface area contributed by atoms with Crippen molar-refractivity contribution in [3.63, 3.8) is 0 Å². The fourth-order valence-corrected chi connectivity index (χ4v) is 3.74. The number of hydrogen-bond acceptors (Lipinski definition) is 5. The Balaban J connectivity index is 1.77. The van der Waals surface area contributed by atoms with Crippen LogP contribution in [-0.2, 0) is 4.79 Å². The van der Waals surface area contributed by atoms with Crippen LogP contribution in [0.5, 0.6) is 0 Å². The molecule has 0 radical (unpaired) electrons. The number of aromatic nitrogens is 4. The van der Waals surface area contributed by atoms with Crippen LogP contribution in [0.3, 0.4) is 0 Å². The molecular weight excluding hydrogens is 350 g/mol. The number of pyridine rings is 2. The first kappa shape index (κ1) is 18.2. The molecule has 1 saturated heterocycles. The molecule has 1 unspecified atom stereocenters. The van der Waals surface area contributed by atoms with Crippen LogP contribution in [0.2, 0.25) is 0 Å². The standard InChI is InChI=1S/C22H23N5O/c1-2-20(28)27-12-4-6-18(15-27)21-19(16-7-10-23-11-8-16)14-25-22(26-21)17-5-3-9-24-13-17/h3,5,7-11,13-14,18H,2,4,6,12,15H2,1H3. The maximum Gasteiger partial charge on any atom is 0.222 e. The molecule has 1 atom stereocenters. The van der Waals surface area contributed by atoms with E-state index in [4.69, 9.17) is 4.98 Å². The van der Waals surface area contributed by atoms with Crippen LogP contribution in [0.4, 0.5) is 0 Å². The lowest BCUT2D eigenvalue weighted by Gasteiger charge is -2.33. The Bertz CT molecular complexity index is 946. The largest absolute Gasteiger partial charge is 0.342 e. The molecule has 0 N–H and O–H groups in total. The highest BCUT2D eigenvalue weighted by Gasteiger charge is 2.27. The third-order valence-electron chi connectivity index (χ3n) is 5.19. The van der Waals surface area contributed by atoms with Gasteiger partial charge >= 0.3 is 0 Å². The van der Waals surface area contributed by atoms with E-state index < -0.39 is 0 Å². The van der Waals surface area contributed by atoms with Gasteiger partial charge in [-0.25, -0.2) is 9.97 Å². The van der Waals surface area contributed by atoms with E-state index in [-0.39, 0.29) is 11.8 Å². The van der Waals surface area contributed by atoms with Crippen molar-refractivity contribution >= 4 is 5.91 Å². The van der Waals surface area contributed by atoms with E-state index in [1.54, 1.807) is 24.8 Å². The van der Waals surface area contributed by atoms with E-state index in [0.717, 1.165) is 41.8 Å². The van der Waals surface area contributed by atoms with Gasteiger partial charge in [0.25, 0.3) is 0 Å². The molecule has 6 heteroatoms. The number of piperidine rings is 1. The summed E-state index contributed by atoms with van der Waals surface area (Å²) < 4.78 is 0. The molecule has 1 aliphatic heterocycles. The highest BCUT2D eigenvalue weighted by molar-refractivity contribution is 5.76. The van der Waals surface area contributed by atoms with Gasteiger partial charge in [0.2, 0.25) is 5.91 Å². The minimum Gasteiger partial charge on any atom is -0.342 e. The maximum absolute atomic E-state index is 12.3. The SMILES string of the molecule is CCC(=O)N1CCCC(c2nc(-c3cccnc3)ncc2-c2ccncc2)C1. The summed E-state index contributed by atoms with van der Waals surface area (Å²) in [7, 11) is 0. The molecule has 1 aliphatic rings. The second-order valence-corrected chi connectivity index (χ2v) is 7.00. The number of amides is 1. The first-order valence-electron chi connectivity index (χ1n) is 9.71. The van der Waals surface area contributed by atoms with Crippen LogP contribution in [0.15, 0.2) is 55.2 Å². The van der Waals surface area contributed by atoms with E-state index in [1.807, 2.05) is 42.3 Å². The van der Waals surface area contributed by atoms with Crippen LogP contribution >= 0.6 is 0 Å². The number of nitrogens with zero attached hydrogens (tertiary/aromatic N) is 5. The molecule has 142 valence electrons. The summed E-state index contributed by atoms with van der Waals surface area (Å²) in [6, 6.07) is 7.80. The van der Waals surface area contributed by atoms with Crippen LogP contribution in [0, 0.1) is 0 Å². The van der Waals surface area contributed by atoms with Gasteiger partial charge in [0.15, 0.2) is 5.82 Å². The van der Waals surface area contributed by atoms with Gasteiger partial charge in [-0.1, -0.05) is 6.92 Å². The fourth-order valence-electron chi connectivity index (χ4n) is 3.74. The van der Waals surface area contributed by atoms with Crippen molar-refractivity contribution in [2.75, 3.05) is 13.1 Å². The van der Waals surface area contributed by atoms with Gasteiger partial charge in [0.1, 0.15) is 0 Å². The molecule has 1 amide bonds. The number of carbonyl (C=O) groups excluding carboxylic acids is 1. The average Bonchev–Trinajstić information content (AvgIpc) is 2.79. The second kappa shape index (κ2) is 8.25. The molecule has 0 aromatic carbocycles. The number of rotatable bonds is 4. The minimum absolute atomic E-state index is 0.186. The van der Waals surface area contributed by atoms with Crippen LogP contribution < -0.4 is 0 Å². The predicted molar refractivity (Wildman–Crippen MR) is 107 cm³/mol. The van der Waals surface area contributed by atoms with Gasteiger partial charge < -0.3 is 4.90 Å². The van der Waals surface area contributed by atoms with E-state index in [0.29, 0.717) is 18.8 Å². The Labute approximate surface area is 164 Å². The molecule has 4 heterocycles. The molecule has 3 aromatic rings. The zero-order valence-electron chi connectivity index (χ0n) is 16.0. The highest BCUT2D eigenvalue weighted by atomic mass is 16.2. The third kappa shape index (κ3) is 3.76. The zero-order chi connectivity index (χ0) is 19.3. The molecule has 4 rings (SSSR count). The summed E-state index contributed by atoms with van der Waals surface area (Å²) >= 11 is 0.